The highest BCUT2D eigenvalue weighted by Crippen LogP contribution is 2.46. The molecule has 176 valence electrons. The highest BCUT2D eigenvalue weighted by molar-refractivity contribution is 7.25. The quantitative estimate of drug-likeness (QED) is 0.474. The van der Waals surface area contributed by atoms with Crippen LogP contribution >= 0.6 is 11.3 Å². The van der Waals surface area contributed by atoms with Gasteiger partial charge in [-0.3, -0.25) is 14.3 Å². The van der Waals surface area contributed by atoms with Crippen molar-refractivity contribution in [1.29, 1.82) is 0 Å². The van der Waals surface area contributed by atoms with Crippen molar-refractivity contribution in [3.63, 3.8) is 0 Å². The van der Waals surface area contributed by atoms with Crippen LogP contribution in [-0.4, -0.2) is 52.8 Å². The number of ether oxygens (including phenoxy) is 2. The molecule has 1 fully saturated rings. The lowest BCUT2D eigenvalue weighted by atomic mass is 9.78. The molecule has 4 aromatic rings. The van der Waals surface area contributed by atoms with E-state index in [0.717, 1.165) is 48.7 Å². The second kappa shape index (κ2) is 8.56. The third kappa shape index (κ3) is 3.50. The van der Waals surface area contributed by atoms with Crippen LogP contribution in [0.3, 0.4) is 0 Å². The topological polar surface area (TPSA) is 89.5 Å². The summed E-state index contributed by atoms with van der Waals surface area (Å²) >= 11 is 1.38. The van der Waals surface area contributed by atoms with Gasteiger partial charge in [0.25, 0.3) is 5.56 Å². The lowest BCUT2D eigenvalue weighted by molar-refractivity contribution is 0.0899. The van der Waals surface area contributed by atoms with Crippen molar-refractivity contribution in [2.24, 2.45) is 5.92 Å². The van der Waals surface area contributed by atoms with Crippen molar-refractivity contribution in [1.82, 2.24) is 19.4 Å². The Morgan fingerprint density at radius 1 is 1.24 bits per heavy atom. The second-order valence-electron chi connectivity index (χ2n) is 9.04. The Balaban J connectivity index is 1.15. The van der Waals surface area contributed by atoms with Crippen molar-refractivity contribution in [3.8, 4) is 11.5 Å². The molecular weight excluding hydrogens is 452 g/mol. The average Bonchev–Trinajstić information content (AvgIpc) is 3.24. The molecule has 3 aromatic heterocycles. The number of H-pyrrole nitrogens is 1. The van der Waals surface area contributed by atoms with Crippen molar-refractivity contribution in [2.45, 2.75) is 25.3 Å². The first kappa shape index (κ1) is 21.4. The molecule has 0 radical (unpaired) electrons. The predicted octanol–water partition coefficient (Wildman–Crippen LogP) is 3.20. The van der Waals surface area contributed by atoms with E-state index in [0.29, 0.717) is 40.7 Å². The van der Waals surface area contributed by atoms with Crippen molar-refractivity contribution < 1.29 is 9.47 Å². The summed E-state index contributed by atoms with van der Waals surface area (Å²) in [5.74, 6) is 2.70. The highest BCUT2D eigenvalue weighted by Gasteiger charge is 2.37. The van der Waals surface area contributed by atoms with Gasteiger partial charge in [0.05, 0.1) is 23.9 Å². The minimum atomic E-state index is -0.369. The summed E-state index contributed by atoms with van der Waals surface area (Å²) in [4.78, 5) is 35.4. The van der Waals surface area contributed by atoms with E-state index >= 15 is 0 Å². The monoisotopic (exact) mass is 478 g/mol. The van der Waals surface area contributed by atoms with Crippen LogP contribution in [0, 0.1) is 5.92 Å². The molecular formula is C25H26N4O4S. The van der Waals surface area contributed by atoms with Crippen LogP contribution in [0.25, 0.3) is 20.4 Å². The van der Waals surface area contributed by atoms with Crippen LogP contribution in [0.15, 0.2) is 46.1 Å². The van der Waals surface area contributed by atoms with Crippen LogP contribution in [0.4, 0.5) is 0 Å². The van der Waals surface area contributed by atoms with E-state index in [-0.39, 0.29) is 11.2 Å². The van der Waals surface area contributed by atoms with Gasteiger partial charge in [0, 0.05) is 30.8 Å². The maximum absolute atomic E-state index is 13.0. The molecule has 9 heteroatoms. The first-order valence-corrected chi connectivity index (χ1v) is 12.5. The van der Waals surface area contributed by atoms with Gasteiger partial charge in [-0.25, -0.2) is 4.79 Å². The molecule has 2 aliphatic heterocycles. The van der Waals surface area contributed by atoms with E-state index in [4.69, 9.17) is 9.47 Å². The number of pyridine rings is 1. The van der Waals surface area contributed by atoms with Crippen molar-refractivity contribution in [3.05, 3.63) is 62.9 Å². The van der Waals surface area contributed by atoms with E-state index in [1.54, 1.807) is 13.3 Å². The van der Waals surface area contributed by atoms with Gasteiger partial charge in [0.2, 0.25) is 0 Å². The van der Waals surface area contributed by atoms with Gasteiger partial charge in [-0.15, -0.1) is 11.3 Å². The number of methoxy groups -OCH3 is 1. The van der Waals surface area contributed by atoms with E-state index in [1.165, 1.54) is 21.5 Å². The minimum Gasteiger partial charge on any atom is -0.496 e. The Bertz CT molecular complexity index is 1480. The molecule has 1 N–H and O–H groups in total. The maximum Gasteiger partial charge on any atom is 0.328 e. The molecule has 0 spiro atoms. The molecule has 0 unspecified atom stereocenters. The average molecular weight is 479 g/mol. The third-order valence-corrected chi connectivity index (χ3v) is 8.24. The highest BCUT2D eigenvalue weighted by atomic mass is 32.1. The zero-order chi connectivity index (χ0) is 23.2. The van der Waals surface area contributed by atoms with Gasteiger partial charge in [-0.2, -0.15) is 0 Å². The van der Waals surface area contributed by atoms with Crippen molar-refractivity contribution >= 4 is 31.8 Å². The molecule has 1 saturated heterocycles. The van der Waals surface area contributed by atoms with Gasteiger partial charge in [0.1, 0.15) is 21.7 Å². The summed E-state index contributed by atoms with van der Waals surface area (Å²) in [5, 5.41) is 0. The lowest BCUT2D eigenvalue weighted by Gasteiger charge is -2.42. The number of hydrogen-bond acceptors (Lipinski definition) is 7. The number of nitrogens with zero attached hydrogens (tertiary/aromatic N) is 3. The van der Waals surface area contributed by atoms with Crippen LogP contribution in [-0.2, 0) is 6.54 Å². The number of piperidine rings is 1. The Morgan fingerprint density at radius 3 is 3.03 bits per heavy atom. The fraction of sp³-hybridized carbons (Fsp3) is 0.400. The molecule has 5 heterocycles. The molecule has 2 aliphatic rings. The van der Waals surface area contributed by atoms with Crippen LogP contribution in [0.2, 0.25) is 0 Å². The zero-order valence-corrected chi connectivity index (χ0v) is 19.8. The number of nitrogens with one attached hydrogen (secondary N) is 1. The Morgan fingerprint density at radius 2 is 2.15 bits per heavy atom. The van der Waals surface area contributed by atoms with Crippen LogP contribution < -0.4 is 20.7 Å². The maximum atomic E-state index is 13.0. The van der Waals surface area contributed by atoms with E-state index in [9.17, 15) is 9.59 Å². The summed E-state index contributed by atoms with van der Waals surface area (Å²) in [6, 6.07) is 9.77. The molecule has 6 rings (SSSR count). The number of hydrogen-bond donors (Lipinski definition) is 1. The first-order chi connectivity index (χ1) is 16.6. The number of aromatic amines is 1. The summed E-state index contributed by atoms with van der Waals surface area (Å²) in [6.07, 6.45) is 3.45. The molecule has 1 aromatic carbocycles. The number of likely N-dealkylation sites (tertiary alicyclic amines) is 1. The molecule has 0 bridgehead atoms. The minimum absolute atomic E-state index is 0.232. The molecule has 0 saturated carbocycles. The van der Waals surface area contributed by atoms with Gasteiger partial charge < -0.3 is 19.4 Å². The van der Waals surface area contributed by atoms with Crippen LogP contribution in [0.1, 0.15) is 24.3 Å². The number of fused-ring (bicyclic) bond motifs is 6. The fourth-order valence-corrected chi connectivity index (χ4v) is 6.56. The van der Waals surface area contributed by atoms with Crippen LogP contribution in [0.5, 0.6) is 11.5 Å². The molecule has 34 heavy (non-hydrogen) atoms. The van der Waals surface area contributed by atoms with E-state index in [1.807, 2.05) is 30.3 Å². The number of benzene rings is 1. The lowest BCUT2D eigenvalue weighted by Crippen LogP contribution is -2.44. The zero-order valence-electron chi connectivity index (χ0n) is 19.0. The molecule has 2 atom stereocenters. The standard InChI is InChI=1S/C25H26N4O4S/c1-32-17-5-2-6-18-20(17)16-8-12-28(13-15(16)14-33-18)10-4-11-29-24(30)23-22(27-25(29)31)21-19(34-23)7-3-9-26-21/h2-3,5-7,9,15-16H,4,8,10-14H2,1H3,(H,27,31)/t15-,16+/m1/s1. The Hall–Kier alpha value is -3.17. The van der Waals surface area contributed by atoms with Gasteiger partial charge in [0.15, 0.2) is 0 Å². The smallest absolute Gasteiger partial charge is 0.328 e. The first-order valence-electron chi connectivity index (χ1n) is 11.7. The Kier molecular flexibility index (Phi) is 5.38. The predicted molar refractivity (Wildman–Crippen MR) is 132 cm³/mol. The summed E-state index contributed by atoms with van der Waals surface area (Å²) in [5.41, 5.74) is 1.82. The normalized spacial score (nSPS) is 20.1. The number of aromatic nitrogens is 3. The summed E-state index contributed by atoms with van der Waals surface area (Å²) in [7, 11) is 1.71. The summed E-state index contributed by atoms with van der Waals surface area (Å²) < 4.78 is 14.5. The van der Waals surface area contributed by atoms with E-state index in [2.05, 4.69) is 14.9 Å². The van der Waals surface area contributed by atoms with Gasteiger partial charge in [-0.1, -0.05) is 6.07 Å². The van der Waals surface area contributed by atoms with Crippen molar-refractivity contribution in [2.75, 3.05) is 33.4 Å². The summed E-state index contributed by atoms with van der Waals surface area (Å²) in [6.45, 7) is 3.85. The Labute approximate surface area is 199 Å². The number of thiophene rings is 1. The third-order valence-electron chi connectivity index (χ3n) is 7.11. The molecule has 0 amide bonds. The number of rotatable bonds is 5. The fourth-order valence-electron chi connectivity index (χ4n) is 5.49. The second-order valence-corrected chi connectivity index (χ2v) is 10.1. The SMILES string of the molecule is COc1cccc2c1[C@H]1CCN(CCCn3c(=O)[nH]c4c(sc5cccnc54)c3=O)C[C@@H]1CO2. The van der Waals surface area contributed by atoms with E-state index < -0.39 is 0 Å². The molecule has 0 aliphatic carbocycles. The largest absolute Gasteiger partial charge is 0.496 e. The van der Waals surface area contributed by atoms with Gasteiger partial charge >= 0.3 is 5.69 Å². The molecule has 8 nitrogen and oxygen atoms in total. The van der Waals surface area contributed by atoms with Gasteiger partial charge in [-0.05, 0) is 56.1 Å².